The zero-order valence-corrected chi connectivity index (χ0v) is 12.5. The van der Waals surface area contributed by atoms with Crippen LogP contribution in [0.2, 0.25) is 0 Å². The first kappa shape index (κ1) is 17.4. The van der Waals surface area contributed by atoms with Crippen molar-refractivity contribution in [3.05, 3.63) is 23.9 Å². The summed E-state index contributed by atoms with van der Waals surface area (Å²) >= 11 is 0.205. The maximum absolute atomic E-state index is 12.4. The molecule has 0 saturated heterocycles. The van der Waals surface area contributed by atoms with Crippen LogP contribution >= 0.6 is 11.8 Å². The van der Waals surface area contributed by atoms with Crippen molar-refractivity contribution in [1.82, 2.24) is 10.3 Å². The maximum atomic E-state index is 12.4. The molecule has 0 atom stereocenters. The Hall–Kier alpha value is -1.70. The van der Waals surface area contributed by atoms with E-state index >= 15 is 0 Å². The lowest BCUT2D eigenvalue weighted by Crippen LogP contribution is -2.27. The van der Waals surface area contributed by atoms with Gasteiger partial charge in [0.05, 0.1) is 18.1 Å². The number of nitrogens with one attached hydrogen (secondary N) is 1. The fourth-order valence-electron chi connectivity index (χ4n) is 1.44. The van der Waals surface area contributed by atoms with Crippen molar-refractivity contribution in [3.63, 3.8) is 0 Å². The van der Waals surface area contributed by atoms with Gasteiger partial charge in [0.25, 0.3) is 11.7 Å². The van der Waals surface area contributed by atoms with Gasteiger partial charge in [0.15, 0.2) is 0 Å². The van der Waals surface area contributed by atoms with Gasteiger partial charge in [0.1, 0.15) is 5.03 Å². The summed E-state index contributed by atoms with van der Waals surface area (Å²) in [5, 5.41) is 2.43. The molecular weight excluding hydrogens is 302 g/mol. The minimum atomic E-state index is -2.66. The molecule has 0 spiro atoms. The lowest BCUT2D eigenvalue weighted by molar-refractivity contribution is -0.147. The molecule has 5 nitrogen and oxygen atoms in total. The molecule has 0 fully saturated rings. The molecule has 0 aliphatic carbocycles. The molecule has 1 rings (SSSR count). The number of carbonyl (C=O) groups is 2. The highest BCUT2D eigenvalue weighted by Gasteiger charge is 2.16. The van der Waals surface area contributed by atoms with E-state index in [-0.39, 0.29) is 41.4 Å². The van der Waals surface area contributed by atoms with Gasteiger partial charge in [-0.3, -0.25) is 9.59 Å². The van der Waals surface area contributed by atoms with Gasteiger partial charge >= 0.3 is 5.97 Å². The Balaban J connectivity index is 2.54. The molecule has 1 aromatic heterocycles. The zero-order valence-electron chi connectivity index (χ0n) is 11.6. The molecule has 0 aromatic carbocycles. The lowest BCUT2D eigenvalue weighted by atomic mass is 10.2. The van der Waals surface area contributed by atoms with Crippen molar-refractivity contribution in [2.24, 2.45) is 0 Å². The minimum Gasteiger partial charge on any atom is -0.463 e. The molecule has 1 N–H and O–H groups in total. The smallest absolute Gasteiger partial charge is 0.307 e. The average molecular weight is 318 g/mol. The number of hydrogen-bond acceptors (Lipinski definition) is 5. The molecule has 0 saturated carbocycles. The van der Waals surface area contributed by atoms with Crippen LogP contribution in [0.4, 0.5) is 8.78 Å². The molecule has 1 aromatic rings. The Morgan fingerprint density at radius 3 is 2.76 bits per heavy atom. The molecule has 21 heavy (non-hydrogen) atoms. The Morgan fingerprint density at radius 2 is 2.14 bits per heavy atom. The highest BCUT2D eigenvalue weighted by atomic mass is 32.2. The van der Waals surface area contributed by atoms with E-state index in [0.717, 1.165) is 0 Å². The quantitative estimate of drug-likeness (QED) is 0.618. The van der Waals surface area contributed by atoms with Gasteiger partial charge in [0, 0.05) is 12.7 Å². The van der Waals surface area contributed by atoms with Crippen LogP contribution in [0.3, 0.4) is 0 Å². The molecule has 1 amide bonds. The van der Waals surface area contributed by atoms with Gasteiger partial charge in [-0.15, -0.1) is 0 Å². The first-order valence-electron chi connectivity index (χ1n) is 6.27. The number of hydrogen-bond donors (Lipinski definition) is 1. The van der Waals surface area contributed by atoms with Gasteiger partial charge in [-0.1, -0.05) is 0 Å². The summed E-state index contributed by atoms with van der Waals surface area (Å²) in [4.78, 5) is 26.9. The SMILES string of the molecule is CC(C)OC(=O)CCNC(=O)c1cccnc1SC(F)F. The molecule has 8 heteroatoms. The van der Waals surface area contributed by atoms with E-state index < -0.39 is 17.6 Å². The van der Waals surface area contributed by atoms with E-state index in [2.05, 4.69) is 10.3 Å². The number of aromatic nitrogens is 1. The summed E-state index contributed by atoms with van der Waals surface area (Å²) in [6.07, 6.45) is 1.13. The number of nitrogens with zero attached hydrogens (tertiary/aromatic N) is 1. The second-order valence-corrected chi connectivity index (χ2v) is 5.26. The fourth-order valence-corrected chi connectivity index (χ4v) is 2.02. The van der Waals surface area contributed by atoms with E-state index in [1.165, 1.54) is 18.3 Å². The first-order chi connectivity index (χ1) is 9.90. The number of carbonyl (C=O) groups excluding carboxylic acids is 2. The molecule has 0 aliphatic heterocycles. The molecule has 0 bridgehead atoms. The normalized spacial score (nSPS) is 10.8. The number of esters is 1. The van der Waals surface area contributed by atoms with Gasteiger partial charge in [-0.05, 0) is 37.7 Å². The van der Waals surface area contributed by atoms with Crippen LogP contribution in [0.5, 0.6) is 0 Å². The Bertz CT molecular complexity index is 498. The number of thioether (sulfide) groups is 1. The number of rotatable bonds is 7. The minimum absolute atomic E-state index is 0.0154. The van der Waals surface area contributed by atoms with Gasteiger partial charge in [0.2, 0.25) is 0 Å². The van der Waals surface area contributed by atoms with Crippen LogP contribution in [0, 0.1) is 0 Å². The van der Waals surface area contributed by atoms with E-state index in [4.69, 9.17) is 4.74 Å². The van der Waals surface area contributed by atoms with Crippen LogP contribution in [-0.2, 0) is 9.53 Å². The third kappa shape index (κ3) is 6.52. The second kappa shape index (κ2) is 8.56. The number of alkyl halides is 2. The largest absolute Gasteiger partial charge is 0.463 e. The summed E-state index contributed by atoms with van der Waals surface area (Å²) < 4.78 is 29.7. The van der Waals surface area contributed by atoms with Crippen LogP contribution in [0.15, 0.2) is 23.4 Å². The van der Waals surface area contributed by atoms with E-state index in [1.54, 1.807) is 13.8 Å². The fraction of sp³-hybridized carbons (Fsp3) is 0.462. The summed E-state index contributed by atoms with van der Waals surface area (Å²) in [6.45, 7) is 3.51. The number of amides is 1. The van der Waals surface area contributed by atoms with Crippen molar-refractivity contribution >= 4 is 23.6 Å². The van der Waals surface area contributed by atoms with E-state index in [9.17, 15) is 18.4 Å². The molecular formula is C13H16F2N2O3S. The summed E-state index contributed by atoms with van der Waals surface area (Å²) in [7, 11) is 0. The third-order valence-electron chi connectivity index (χ3n) is 2.20. The number of ether oxygens (including phenoxy) is 1. The highest BCUT2D eigenvalue weighted by Crippen LogP contribution is 2.26. The maximum Gasteiger partial charge on any atom is 0.307 e. The van der Waals surface area contributed by atoms with E-state index in [1.807, 2.05) is 0 Å². The molecule has 0 radical (unpaired) electrons. The summed E-state index contributed by atoms with van der Waals surface area (Å²) in [5.74, 6) is -3.64. The van der Waals surface area contributed by atoms with E-state index in [0.29, 0.717) is 0 Å². The van der Waals surface area contributed by atoms with Gasteiger partial charge in [-0.2, -0.15) is 8.78 Å². The van der Waals surface area contributed by atoms with Crippen molar-refractivity contribution < 1.29 is 23.1 Å². The van der Waals surface area contributed by atoms with Gasteiger partial charge in [-0.25, -0.2) is 4.98 Å². The van der Waals surface area contributed by atoms with Crippen LogP contribution in [0.25, 0.3) is 0 Å². The summed E-state index contributed by atoms with van der Waals surface area (Å²) in [6, 6.07) is 2.89. The zero-order chi connectivity index (χ0) is 15.8. The Kier molecular flexibility index (Phi) is 7.07. The van der Waals surface area contributed by atoms with Crippen LogP contribution in [0.1, 0.15) is 30.6 Å². The Morgan fingerprint density at radius 1 is 1.43 bits per heavy atom. The molecule has 0 unspecified atom stereocenters. The molecule has 116 valence electrons. The monoisotopic (exact) mass is 318 g/mol. The Labute approximate surface area is 125 Å². The molecule has 0 aliphatic rings. The number of halogens is 2. The lowest BCUT2D eigenvalue weighted by Gasteiger charge is -2.10. The van der Waals surface area contributed by atoms with Crippen LogP contribution in [-0.4, -0.2) is 35.3 Å². The van der Waals surface area contributed by atoms with Crippen molar-refractivity contribution in [3.8, 4) is 0 Å². The van der Waals surface area contributed by atoms with Gasteiger partial charge < -0.3 is 10.1 Å². The third-order valence-corrected chi connectivity index (χ3v) is 2.93. The van der Waals surface area contributed by atoms with Crippen molar-refractivity contribution in [2.45, 2.75) is 37.2 Å². The van der Waals surface area contributed by atoms with Crippen molar-refractivity contribution in [2.75, 3.05) is 6.54 Å². The predicted octanol–water partition coefficient (Wildman–Crippen LogP) is 2.47. The predicted molar refractivity (Wildman–Crippen MR) is 74.3 cm³/mol. The topological polar surface area (TPSA) is 68.3 Å². The van der Waals surface area contributed by atoms with Crippen molar-refractivity contribution in [1.29, 1.82) is 0 Å². The number of pyridine rings is 1. The highest BCUT2D eigenvalue weighted by molar-refractivity contribution is 7.99. The molecule has 1 heterocycles. The standard InChI is InChI=1S/C13H16F2N2O3S/c1-8(2)20-10(18)5-7-16-11(19)9-4-3-6-17-12(9)21-13(14)15/h3-4,6,8,13H,5,7H2,1-2H3,(H,16,19). The first-order valence-corrected chi connectivity index (χ1v) is 7.15. The summed E-state index contributed by atoms with van der Waals surface area (Å²) in [5.41, 5.74) is 0.0556. The van der Waals surface area contributed by atoms with Crippen LogP contribution < -0.4 is 5.32 Å². The second-order valence-electron chi connectivity index (χ2n) is 4.28. The average Bonchev–Trinajstić information content (AvgIpc) is 2.37.